The first-order valence-electron chi connectivity index (χ1n) is 21.7. The van der Waals surface area contributed by atoms with Gasteiger partial charge in [0.15, 0.2) is 5.78 Å². The Labute approximate surface area is 376 Å². The number of carbonyl (C=O) groups excluding carboxylic acids is 7. The molecule has 0 bridgehead atoms. The van der Waals surface area contributed by atoms with Gasteiger partial charge in [0.1, 0.15) is 12.2 Å². The lowest BCUT2D eigenvalue weighted by atomic mass is 9.81. The number of carbonyl (C=O) groups is 7. The largest absolute Gasteiger partial charge is 0.458 e. The van der Waals surface area contributed by atoms with Crippen molar-refractivity contribution in [2.45, 2.75) is 136 Å². The van der Waals surface area contributed by atoms with Crippen LogP contribution in [0.5, 0.6) is 0 Å². The zero-order valence-electron chi connectivity index (χ0n) is 37.4. The van der Waals surface area contributed by atoms with Crippen LogP contribution in [-0.2, 0) is 38.2 Å². The summed E-state index contributed by atoms with van der Waals surface area (Å²) in [7, 11) is 0. The average molecular weight is 900 g/mol. The number of alkyl carbamates (subject to hydrolysis) is 1. The summed E-state index contributed by atoms with van der Waals surface area (Å²) in [6.45, 7) is 13.7. The number of esters is 1. The van der Waals surface area contributed by atoms with E-state index < -0.39 is 34.8 Å². The average Bonchev–Trinajstić information content (AvgIpc) is 3.46. The van der Waals surface area contributed by atoms with Gasteiger partial charge < -0.3 is 25.8 Å². The molecule has 1 aliphatic carbocycles. The van der Waals surface area contributed by atoms with E-state index in [1.807, 2.05) is 52.8 Å². The molecule has 0 aromatic heterocycles. The number of imide groups is 1. The van der Waals surface area contributed by atoms with Crippen LogP contribution in [0.1, 0.15) is 113 Å². The third-order valence-electron chi connectivity index (χ3n) is 11.2. The number of nitrogens with zero attached hydrogens (tertiary/aromatic N) is 1. The highest BCUT2D eigenvalue weighted by Crippen LogP contribution is 2.32. The number of amides is 5. The first-order chi connectivity index (χ1) is 29.2. The number of nitrogens with one attached hydrogen (secondary N) is 2. The summed E-state index contributed by atoms with van der Waals surface area (Å²) in [6.07, 6.45) is 19.4. The van der Waals surface area contributed by atoms with Crippen molar-refractivity contribution in [3.63, 3.8) is 0 Å². The van der Waals surface area contributed by atoms with E-state index in [4.69, 9.17) is 26.8 Å². The second-order valence-electron chi connectivity index (χ2n) is 17.6. The van der Waals surface area contributed by atoms with Crippen molar-refractivity contribution in [1.82, 2.24) is 15.5 Å². The van der Waals surface area contributed by atoms with E-state index in [2.05, 4.69) is 10.6 Å². The molecule has 4 N–H and O–H groups in total. The fraction of sp³-hybridized carbons (Fsp3) is 0.596. The molecular formula is C47H67ClN4O9S. The Morgan fingerprint density at radius 3 is 2.39 bits per heavy atom. The lowest BCUT2D eigenvalue weighted by molar-refractivity contribution is -0.147. The van der Waals surface area contributed by atoms with Gasteiger partial charge in [-0.05, 0) is 70.0 Å². The molecule has 1 unspecified atom stereocenters. The Kier molecular flexibility index (Phi) is 21.5. The Balaban J connectivity index is 1.41. The minimum Gasteiger partial charge on any atom is -0.458 e. The number of thioether (sulfide) groups is 1. The van der Waals surface area contributed by atoms with E-state index in [0.29, 0.717) is 68.0 Å². The van der Waals surface area contributed by atoms with Gasteiger partial charge in [-0.1, -0.05) is 93.5 Å². The van der Waals surface area contributed by atoms with Crippen LogP contribution in [0.25, 0.3) is 0 Å². The van der Waals surface area contributed by atoms with Crippen LogP contribution in [0, 0.1) is 23.2 Å². The molecule has 0 radical (unpaired) electrons. The predicted octanol–water partition coefficient (Wildman–Crippen LogP) is 7.55. The molecule has 0 spiro atoms. The molecule has 5 amide bonds. The number of allylic oxidation sites excluding steroid dienone is 6. The molecule has 5 atom stereocenters. The molecular weight excluding hydrogens is 832 g/mol. The van der Waals surface area contributed by atoms with Crippen molar-refractivity contribution in [2.24, 2.45) is 28.9 Å². The molecule has 0 aromatic carbocycles. The lowest BCUT2D eigenvalue weighted by Crippen LogP contribution is -2.48. The molecule has 3 rings (SSSR count). The van der Waals surface area contributed by atoms with Gasteiger partial charge in [0, 0.05) is 73.7 Å². The fourth-order valence-electron chi connectivity index (χ4n) is 7.47. The van der Waals surface area contributed by atoms with E-state index in [0.717, 1.165) is 18.4 Å². The fourth-order valence-corrected chi connectivity index (χ4v) is 8.69. The number of hydrogen-bond acceptors (Lipinski definition) is 10. The van der Waals surface area contributed by atoms with E-state index >= 15 is 0 Å². The number of halogens is 1. The maximum Gasteiger partial charge on any atom is 0.407 e. The molecule has 3 aliphatic rings. The number of nitrogens with two attached hydrogens (primary N) is 1. The predicted molar refractivity (Wildman–Crippen MR) is 244 cm³/mol. The first kappa shape index (κ1) is 51.9. The van der Waals surface area contributed by atoms with Gasteiger partial charge in [-0.25, -0.2) is 9.59 Å². The zero-order valence-corrected chi connectivity index (χ0v) is 39.0. The zero-order chi connectivity index (χ0) is 46.0. The van der Waals surface area contributed by atoms with Crippen molar-refractivity contribution in [3.05, 3.63) is 70.9 Å². The number of ketones is 1. The van der Waals surface area contributed by atoms with Gasteiger partial charge in [-0.2, -0.15) is 0 Å². The molecule has 2 aliphatic heterocycles. The number of hydrogen-bond donors (Lipinski definition) is 3. The summed E-state index contributed by atoms with van der Waals surface area (Å²) < 4.78 is 11.2. The molecule has 15 heteroatoms. The highest BCUT2D eigenvalue weighted by atomic mass is 35.5. The third-order valence-corrected chi connectivity index (χ3v) is 12.6. The maximum absolute atomic E-state index is 13.3. The number of ether oxygens (including phenoxy) is 2. The van der Waals surface area contributed by atoms with Gasteiger partial charge in [-0.15, -0.1) is 11.8 Å². The van der Waals surface area contributed by atoms with E-state index in [-0.39, 0.29) is 66.2 Å². The quantitative estimate of drug-likeness (QED) is 0.0244. The van der Waals surface area contributed by atoms with Crippen molar-refractivity contribution in [3.8, 4) is 0 Å². The SMILES string of the molecule is CC1=CC[C@@H]([C@@H](C)/C=C(C)/C=C\C=C/C(=O)N[C@H](C(=O)C/C=C\C[C@H](C/C=C(\C)Cl)OC(=O)NCCCSC2CC(=O)N(CC3CCC(C(N)=O)CC3)C2=O)C(C)(C)C)OC1=O. The minimum atomic E-state index is -0.753. The summed E-state index contributed by atoms with van der Waals surface area (Å²) in [6, 6.07) is -0.753. The number of primary amides is 1. The van der Waals surface area contributed by atoms with Crippen LogP contribution >= 0.6 is 23.4 Å². The second-order valence-corrected chi connectivity index (χ2v) is 19.5. The van der Waals surface area contributed by atoms with Crippen molar-refractivity contribution < 1.29 is 43.0 Å². The summed E-state index contributed by atoms with van der Waals surface area (Å²) in [5.74, 6) is -0.857. The summed E-state index contributed by atoms with van der Waals surface area (Å²) >= 11 is 7.48. The minimum absolute atomic E-state index is 0.0173. The Bertz CT molecular complexity index is 1800. The van der Waals surface area contributed by atoms with Gasteiger partial charge in [0.2, 0.25) is 23.6 Å². The molecule has 2 heterocycles. The molecule has 1 saturated heterocycles. The molecule has 13 nitrogen and oxygen atoms in total. The second kappa shape index (κ2) is 25.6. The summed E-state index contributed by atoms with van der Waals surface area (Å²) in [4.78, 5) is 89.3. The van der Waals surface area contributed by atoms with Crippen molar-refractivity contribution in [1.29, 1.82) is 0 Å². The van der Waals surface area contributed by atoms with Crippen molar-refractivity contribution in [2.75, 3.05) is 18.8 Å². The van der Waals surface area contributed by atoms with Crippen molar-refractivity contribution >= 4 is 64.8 Å². The molecule has 62 heavy (non-hydrogen) atoms. The van der Waals surface area contributed by atoms with Gasteiger partial charge >= 0.3 is 12.1 Å². The van der Waals surface area contributed by atoms with Crippen LogP contribution < -0.4 is 16.4 Å². The Morgan fingerprint density at radius 2 is 1.74 bits per heavy atom. The number of rotatable bonds is 22. The summed E-state index contributed by atoms with van der Waals surface area (Å²) in [5.41, 5.74) is 6.45. The maximum atomic E-state index is 13.3. The normalized spacial score (nSPS) is 23.1. The van der Waals surface area contributed by atoms with E-state index in [1.165, 1.54) is 22.7 Å². The highest BCUT2D eigenvalue weighted by molar-refractivity contribution is 8.00. The smallest absolute Gasteiger partial charge is 0.407 e. The summed E-state index contributed by atoms with van der Waals surface area (Å²) in [5, 5.41) is 5.71. The Morgan fingerprint density at radius 1 is 1.05 bits per heavy atom. The molecule has 2 fully saturated rings. The Hall–Kier alpha value is -4.43. The molecule has 342 valence electrons. The van der Waals surface area contributed by atoms with Gasteiger partial charge in [0.05, 0.1) is 11.3 Å². The molecule has 0 aromatic rings. The first-order valence-corrected chi connectivity index (χ1v) is 23.1. The van der Waals surface area contributed by atoms with E-state index in [1.54, 1.807) is 44.2 Å². The molecule has 1 saturated carbocycles. The van der Waals surface area contributed by atoms with Crippen LogP contribution in [-0.4, -0.2) is 88.7 Å². The topological polar surface area (TPSA) is 191 Å². The lowest BCUT2D eigenvalue weighted by Gasteiger charge is -2.29. The van der Waals surface area contributed by atoms with Gasteiger partial charge in [-0.3, -0.25) is 28.9 Å². The standard InChI is InChI=1S/C47H67ClN4O9S/c1-30(27-32(3)38-24-17-31(2)45(58)61-38)13-8-11-16-40(54)51-42(47(5,6)7)37(53)15-10-9-14-36(23-18-33(4)48)60-46(59)50-25-12-26-62-39-28-41(55)52(44(39)57)29-34-19-21-35(22-20-34)43(49)56/h8-11,13,16-18,27,32,34-36,38-39,42H,12,14-15,19-26,28-29H2,1-7H3,(H2,49,56)(H,50,59)(H,51,54)/b10-9-,13-8-,16-11-,30-27+,33-18+/t32-,34?,35?,36+,38-,39?,42+/m0/s1. The van der Waals surface area contributed by atoms with Crippen LogP contribution in [0.2, 0.25) is 0 Å². The third kappa shape index (κ3) is 18.1. The van der Waals surface area contributed by atoms with Crippen LogP contribution in [0.4, 0.5) is 4.79 Å². The monoisotopic (exact) mass is 898 g/mol. The number of Topliss-reactive ketones (excluding diaryl/α,β-unsaturated/α-hetero) is 1. The van der Waals surface area contributed by atoms with E-state index in [9.17, 15) is 33.6 Å². The van der Waals surface area contributed by atoms with Crippen LogP contribution in [0.15, 0.2) is 70.9 Å². The highest BCUT2D eigenvalue weighted by Gasteiger charge is 2.40. The number of cyclic esters (lactones) is 1. The number of likely N-dealkylation sites (tertiary alicyclic amines) is 1. The van der Waals surface area contributed by atoms with Crippen LogP contribution in [0.3, 0.4) is 0 Å². The van der Waals surface area contributed by atoms with Gasteiger partial charge in [0.25, 0.3) is 0 Å².